The van der Waals surface area contributed by atoms with Gasteiger partial charge in [-0.3, -0.25) is 0 Å². The van der Waals surface area contributed by atoms with Gasteiger partial charge in [-0.05, 0) is 44.9 Å². The van der Waals surface area contributed by atoms with Crippen molar-refractivity contribution in [1.29, 1.82) is 0 Å². The molecule has 0 amide bonds. The van der Waals surface area contributed by atoms with Gasteiger partial charge in [-0.2, -0.15) is 0 Å². The second-order valence-electron chi connectivity index (χ2n) is 15.8. The lowest BCUT2D eigenvalue weighted by atomic mass is 9.79. The first-order valence-corrected chi connectivity index (χ1v) is 17.0. The summed E-state index contributed by atoms with van der Waals surface area (Å²) in [5, 5.41) is 1.12. The van der Waals surface area contributed by atoms with Crippen molar-refractivity contribution >= 4 is 25.1 Å². The summed E-state index contributed by atoms with van der Waals surface area (Å²) >= 11 is 0. The zero-order valence-electron chi connectivity index (χ0n) is 27.5. The molecule has 0 radical (unpaired) electrons. The van der Waals surface area contributed by atoms with Crippen molar-refractivity contribution in [2.24, 2.45) is 0 Å². The highest BCUT2D eigenvalue weighted by Gasteiger charge is 2.45. The van der Waals surface area contributed by atoms with Crippen LogP contribution in [0.2, 0.25) is 6.55 Å². The summed E-state index contributed by atoms with van der Waals surface area (Å²) in [7, 11) is -0.825. The summed E-state index contributed by atoms with van der Waals surface area (Å²) < 4.78 is 14.6. The average Bonchev–Trinajstić information content (AvgIpc) is 2.80. The normalized spacial score (nSPS) is 15.8. The molecule has 0 bridgehead atoms. The molecule has 1 aliphatic rings. The standard InChI is InChI=1S/C36H51NO2Si/c1-33(2,3)24-20-27(35(7,8)9)31-29(22-24)37(13)30-23-25(34(4,5)6)21-28(36(10,11)12)32(30)39-40(14,38-31)26-18-16-15-17-19-26/h15-23H,1-14H3. The molecule has 0 atom stereocenters. The SMILES string of the molecule is CN1c2cc(C(C)(C)C)cc(C(C)(C)C)c2O[Si](C)(c2ccccc2)Oc2c1cc(C(C)(C)C)cc2C(C)(C)C. The first-order chi connectivity index (χ1) is 18.1. The smallest absolute Gasteiger partial charge is 0.492 e. The Morgan fingerprint density at radius 2 is 0.925 bits per heavy atom. The molecule has 0 saturated carbocycles. The van der Waals surface area contributed by atoms with Crippen LogP contribution in [-0.4, -0.2) is 15.6 Å². The monoisotopic (exact) mass is 557 g/mol. The Labute approximate surface area is 245 Å². The van der Waals surface area contributed by atoms with E-state index in [2.05, 4.69) is 156 Å². The first kappa shape index (κ1) is 30.2. The minimum absolute atomic E-state index is 0.0123. The minimum Gasteiger partial charge on any atom is -0.507 e. The van der Waals surface area contributed by atoms with Crippen molar-refractivity contribution in [1.82, 2.24) is 0 Å². The Balaban J connectivity index is 2.20. The lowest BCUT2D eigenvalue weighted by Gasteiger charge is -2.41. The highest BCUT2D eigenvalue weighted by molar-refractivity contribution is 6.81. The van der Waals surface area contributed by atoms with Crippen LogP contribution in [0.1, 0.15) is 105 Å². The van der Waals surface area contributed by atoms with E-state index in [0.29, 0.717) is 0 Å². The van der Waals surface area contributed by atoms with Gasteiger partial charge in [0.25, 0.3) is 0 Å². The van der Waals surface area contributed by atoms with Crippen molar-refractivity contribution in [2.45, 2.75) is 111 Å². The van der Waals surface area contributed by atoms with E-state index in [1.165, 1.54) is 22.3 Å². The van der Waals surface area contributed by atoms with Crippen molar-refractivity contribution in [3.63, 3.8) is 0 Å². The summed E-state index contributed by atoms with van der Waals surface area (Å²) in [5.41, 5.74) is 6.97. The highest BCUT2D eigenvalue weighted by atomic mass is 28.4. The minimum atomic E-state index is -3.00. The van der Waals surface area contributed by atoms with Gasteiger partial charge in [0.2, 0.25) is 0 Å². The summed E-state index contributed by atoms with van der Waals surface area (Å²) in [6, 6.07) is 20.0. The largest absolute Gasteiger partial charge is 0.507 e. The van der Waals surface area contributed by atoms with Gasteiger partial charge in [0.15, 0.2) is 0 Å². The molecule has 4 rings (SSSR count). The van der Waals surface area contributed by atoms with Gasteiger partial charge in [0.05, 0.1) is 11.4 Å². The van der Waals surface area contributed by atoms with E-state index < -0.39 is 8.56 Å². The summed E-state index contributed by atoms with van der Waals surface area (Å²) in [5.74, 6) is 1.87. The van der Waals surface area contributed by atoms with Gasteiger partial charge in [-0.15, -0.1) is 0 Å². The van der Waals surface area contributed by atoms with Crippen LogP contribution in [0.4, 0.5) is 11.4 Å². The van der Waals surface area contributed by atoms with Crippen LogP contribution in [0.3, 0.4) is 0 Å². The lowest BCUT2D eigenvalue weighted by molar-refractivity contribution is 0.388. The fourth-order valence-electron chi connectivity index (χ4n) is 5.32. The molecular weight excluding hydrogens is 506 g/mol. The maximum absolute atomic E-state index is 7.30. The molecule has 0 fully saturated rings. The third kappa shape index (κ3) is 5.70. The number of benzene rings is 3. The molecule has 40 heavy (non-hydrogen) atoms. The molecule has 0 saturated heterocycles. The second-order valence-corrected chi connectivity index (χ2v) is 18.7. The van der Waals surface area contributed by atoms with Crippen LogP contribution in [0.15, 0.2) is 54.6 Å². The number of nitrogens with zero attached hydrogens (tertiary/aromatic N) is 1. The third-order valence-corrected chi connectivity index (χ3v) is 10.7. The van der Waals surface area contributed by atoms with Crippen LogP contribution >= 0.6 is 0 Å². The molecule has 3 aromatic rings. The van der Waals surface area contributed by atoms with Crippen LogP contribution < -0.4 is 18.9 Å². The second kappa shape index (κ2) is 9.68. The van der Waals surface area contributed by atoms with Crippen molar-refractivity contribution in [2.75, 3.05) is 11.9 Å². The van der Waals surface area contributed by atoms with E-state index in [1.807, 2.05) is 0 Å². The number of hydrogen-bond donors (Lipinski definition) is 0. The van der Waals surface area contributed by atoms with Crippen LogP contribution in [0, 0.1) is 0 Å². The summed E-state index contributed by atoms with van der Waals surface area (Å²) in [4.78, 5) is 2.32. The molecule has 4 heteroatoms. The quantitative estimate of drug-likeness (QED) is 0.278. The van der Waals surface area contributed by atoms with E-state index in [9.17, 15) is 0 Å². The molecule has 0 aromatic heterocycles. The van der Waals surface area contributed by atoms with Gasteiger partial charge < -0.3 is 13.8 Å². The highest BCUT2D eigenvalue weighted by Crippen LogP contribution is 2.51. The molecule has 0 aliphatic carbocycles. The van der Waals surface area contributed by atoms with Crippen molar-refractivity contribution < 1.29 is 8.85 Å². The first-order valence-electron chi connectivity index (χ1n) is 14.7. The summed E-state index contributed by atoms with van der Waals surface area (Å²) in [6.07, 6.45) is 0. The maximum Gasteiger partial charge on any atom is 0.492 e. The molecule has 0 unspecified atom stereocenters. The number of anilines is 2. The van der Waals surface area contributed by atoms with Crippen LogP contribution in [0.25, 0.3) is 0 Å². The molecule has 1 heterocycles. The topological polar surface area (TPSA) is 21.7 Å². The van der Waals surface area contributed by atoms with Gasteiger partial charge >= 0.3 is 8.56 Å². The van der Waals surface area contributed by atoms with Gasteiger partial charge in [0, 0.05) is 29.9 Å². The van der Waals surface area contributed by atoms with E-state index in [1.54, 1.807) is 0 Å². The number of hydrogen-bond acceptors (Lipinski definition) is 3. The third-order valence-electron chi connectivity index (χ3n) is 8.10. The van der Waals surface area contributed by atoms with Gasteiger partial charge in [-0.1, -0.05) is 126 Å². The number of rotatable bonds is 1. The zero-order chi connectivity index (χ0) is 30.1. The van der Waals surface area contributed by atoms with Crippen molar-refractivity contribution in [3.05, 3.63) is 76.9 Å². The van der Waals surface area contributed by atoms with Gasteiger partial charge in [-0.25, -0.2) is 0 Å². The molecule has 0 spiro atoms. The summed E-state index contributed by atoms with van der Waals surface area (Å²) in [6.45, 7) is 29.6. The van der Waals surface area contributed by atoms with E-state index in [0.717, 1.165) is 28.1 Å². The van der Waals surface area contributed by atoms with Gasteiger partial charge in [0.1, 0.15) is 11.5 Å². The van der Waals surface area contributed by atoms with E-state index in [-0.39, 0.29) is 21.7 Å². The Kier molecular flexibility index (Phi) is 7.32. The molecule has 216 valence electrons. The van der Waals surface area contributed by atoms with E-state index in [4.69, 9.17) is 8.85 Å². The Morgan fingerprint density at radius 3 is 1.25 bits per heavy atom. The van der Waals surface area contributed by atoms with Crippen LogP contribution in [0.5, 0.6) is 11.5 Å². The number of fused-ring (bicyclic) bond motifs is 2. The van der Waals surface area contributed by atoms with Crippen LogP contribution in [-0.2, 0) is 21.7 Å². The fraction of sp³-hybridized carbons (Fsp3) is 0.500. The zero-order valence-corrected chi connectivity index (χ0v) is 28.5. The van der Waals surface area contributed by atoms with Crippen molar-refractivity contribution in [3.8, 4) is 11.5 Å². The lowest BCUT2D eigenvalue weighted by Crippen LogP contribution is -2.57. The predicted octanol–water partition coefficient (Wildman–Crippen LogP) is 9.39. The van der Waals surface area contributed by atoms with E-state index >= 15 is 0 Å². The fourth-order valence-corrected chi connectivity index (χ4v) is 7.60. The maximum atomic E-state index is 7.30. The Bertz CT molecular complexity index is 1310. The average molecular weight is 558 g/mol. The molecule has 3 nitrogen and oxygen atoms in total. The predicted molar refractivity (Wildman–Crippen MR) is 175 cm³/mol. The molecule has 0 N–H and O–H groups in total. The molecular formula is C36H51NO2Si. The molecule has 1 aliphatic heterocycles. The Morgan fingerprint density at radius 1 is 0.550 bits per heavy atom. The molecule has 3 aromatic carbocycles. The Hall–Kier alpha value is -2.72.